The summed E-state index contributed by atoms with van der Waals surface area (Å²) in [5.41, 5.74) is 0.396. The fourth-order valence-corrected chi connectivity index (χ4v) is 2.47. The molecule has 0 spiro atoms. The van der Waals surface area contributed by atoms with E-state index < -0.39 is 11.6 Å². The molecule has 1 aromatic carbocycles. The summed E-state index contributed by atoms with van der Waals surface area (Å²) in [6.07, 6.45) is 12.9. The summed E-state index contributed by atoms with van der Waals surface area (Å²) in [5, 5.41) is 3.02. The number of halogens is 2. The number of anilines is 1. The van der Waals surface area contributed by atoms with E-state index in [0.717, 1.165) is 19.0 Å². The van der Waals surface area contributed by atoms with Crippen LogP contribution in [0.1, 0.15) is 71.1 Å². The van der Waals surface area contributed by atoms with Gasteiger partial charge in [0.25, 0.3) is 0 Å². The van der Waals surface area contributed by atoms with Crippen LogP contribution in [0.2, 0.25) is 0 Å². The second kappa shape index (κ2) is 11.5. The lowest BCUT2D eigenvalue weighted by Crippen LogP contribution is -2.03. The quantitative estimate of drug-likeness (QED) is 0.446. The van der Waals surface area contributed by atoms with Crippen LogP contribution < -0.4 is 5.32 Å². The molecular weight excluding hydrogens is 268 g/mol. The highest BCUT2D eigenvalue weighted by Gasteiger charge is 2.02. The van der Waals surface area contributed by atoms with Crippen molar-refractivity contribution in [3.8, 4) is 0 Å². The molecule has 1 rings (SSSR count). The molecule has 0 saturated carbocycles. The van der Waals surface area contributed by atoms with Crippen molar-refractivity contribution in [1.82, 2.24) is 0 Å². The molecule has 120 valence electrons. The summed E-state index contributed by atoms with van der Waals surface area (Å²) < 4.78 is 26.1. The maximum Gasteiger partial charge on any atom is 0.149 e. The molecule has 0 saturated heterocycles. The molecule has 0 heterocycles. The third-order valence-corrected chi connectivity index (χ3v) is 3.78. The maximum atomic E-state index is 13.4. The first-order valence-corrected chi connectivity index (χ1v) is 8.43. The number of nitrogens with one attached hydrogen (secondary N) is 1. The average Bonchev–Trinajstić information content (AvgIpc) is 2.46. The number of hydrogen-bond donors (Lipinski definition) is 1. The normalized spacial score (nSPS) is 10.8. The minimum absolute atomic E-state index is 0.396. The monoisotopic (exact) mass is 297 g/mol. The van der Waals surface area contributed by atoms with Gasteiger partial charge in [-0.25, -0.2) is 8.78 Å². The zero-order chi connectivity index (χ0) is 15.3. The minimum atomic E-state index is -0.531. The molecule has 1 N–H and O–H groups in total. The maximum absolute atomic E-state index is 13.4. The molecule has 21 heavy (non-hydrogen) atoms. The average molecular weight is 297 g/mol. The Labute approximate surface area is 128 Å². The van der Waals surface area contributed by atoms with Crippen LogP contribution in [0.5, 0.6) is 0 Å². The molecule has 0 aliphatic rings. The van der Waals surface area contributed by atoms with E-state index in [1.54, 1.807) is 0 Å². The second-order valence-corrected chi connectivity index (χ2v) is 5.73. The van der Waals surface area contributed by atoms with Crippen LogP contribution in [0.25, 0.3) is 0 Å². The molecule has 0 aromatic heterocycles. The molecule has 0 fully saturated rings. The molecule has 0 aliphatic heterocycles. The lowest BCUT2D eigenvalue weighted by Gasteiger charge is -2.07. The molecule has 0 amide bonds. The van der Waals surface area contributed by atoms with Gasteiger partial charge in [-0.05, 0) is 18.6 Å². The molecule has 0 atom stereocenters. The Balaban J connectivity index is 1.93. The van der Waals surface area contributed by atoms with Crippen molar-refractivity contribution in [2.45, 2.75) is 71.1 Å². The highest BCUT2D eigenvalue weighted by molar-refractivity contribution is 5.44. The van der Waals surface area contributed by atoms with Gasteiger partial charge in [0.1, 0.15) is 11.6 Å². The van der Waals surface area contributed by atoms with Crippen LogP contribution in [0.3, 0.4) is 0 Å². The summed E-state index contributed by atoms with van der Waals surface area (Å²) in [4.78, 5) is 0. The van der Waals surface area contributed by atoms with Crippen molar-refractivity contribution in [3.63, 3.8) is 0 Å². The highest BCUT2D eigenvalue weighted by atomic mass is 19.1. The summed E-state index contributed by atoms with van der Waals surface area (Å²) in [6.45, 7) is 2.99. The third kappa shape index (κ3) is 8.69. The summed E-state index contributed by atoms with van der Waals surface area (Å²) >= 11 is 0. The first-order valence-electron chi connectivity index (χ1n) is 8.43. The van der Waals surface area contributed by atoms with Gasteiger partial charge >= 0.3 is 0 Å². The lowest BCUT2D eigenvalue weighted by molar-refractivity contribution is 0.559. The second-order valence-electron chi connectivity index (χ2n) is 5.73. The highest BCUT2D eigenvalue weighted by Crippen LogP contribution is 2.15. The fourth-order valence-electron chi connectivity index (χ4n) is 2.47. The van der Waals surface area contributed by atoms with Gasteiger partial charge in [0.2, 0.25) is 0 Å². The van der Waals surface area contributed by atoms with Crippen LogP contribution in [0.4, 0.5) is 14.5 Å². The van der Waals surface area contributed by atoms with Gasteiger partial charge in [0.05, 0.1) is 5.69 Å². The van der Waals surface area contributed by atoms with E-state index in [4.69, 9.17) is 0 Å². The van der Waals surface area contributed by atoms with Crippen LogP contribution >= 0.6 is 0 Å². The molecule has 0 aliphatic carbocycles. The number of unbranched alkanes of at least 4 members (excludes halogenated alkanes) is 9. The smallest absolute Gasteiger partial charge is 0.149 e. The van der Waals surface area contributed by atoms with Crippen molar-refractivity contribution >= 4 is 5.69 Å². The van der Waals surface area contributed by atoms with Gasteiger partial charge in [0.15, 0.2) is 0 Å². The van der Waals surface area contributed by atoms with Crippen molar-refractivity contribution in [2.24, 2.45) is 0 Å². The fraction of sp³-hybridized carbons (Fsp3) is 0.667. The summed E-state index contributed by atoms with van der Waals surface area (Å²) in [5.74, 6) is -1.04. The summed E-state index contributed by atoms with van der Waals surface area (Å²) in [6, 6.07) is 3.66. The first kappa shape index (κ1) is 17.9. The Morgan fingerprint density at radius 3 is 1.95 bits per heavy atom. The Kier molecular flexibility index (Phi) is 9.84. The van der Waals surface area contributed by atoms with Crippen molar-refractivity contribution < 1.29 is 8.78 Å². The zero-order valence-electron chi connectivity index (χ0n) is 13.3. The number of benzene rings is 1. The predicted octanol–water partition coefficient (Wildman–Crippen LogP) is 6.30. The van der Waals surface area contributed by atoms with Gasteiger partial charge in [-0.15, -0.1) is 0 Å². The van der Waals surface area contributed by atoms with E-state index in [0.29, 0.717) is 5.69 Å². The Morgan fingerprint density at radius 2 is 1.38 bits per heavy atom. The van der Waals surface area contributed by atoms with Crippen LogP contribution in [0, 0.1) is 11.6 Å². The van der Waals surface area contributed by atoms with Crippen molar-refractivity contribution in [3.05, 3.63) is 29.8 Å². The van der Waals surface area contributed by atoms with E-state index in [1.165, 1.54) is 69.9 Å². The Morgan fingerprint density at radius 1 is 0.810 bits per heavy atom. The van der Waals surface area contributed by atoms with Crippen LogP contribution in [-0.4, -0.2) is 6.54 Å². The molecule has 3 heteroatoms. The van der Waals surface area contributed by atoms with E-state index in [1.807, 2.05) is 0 Å². The first-order chi connectivity index (χ1) is 10.2. The molecular formula is C18H29F2N. The SMILES string of the molecule is CCCCCCCCCCCCNc1ccc(F)cc1F. The topological polar surface area (TPSA) is 12.0 Å². The van der Waals surface area contributed by atoms with E-state index >= 15 is 0 Å². The van der Waals surface area contributed by atoms with E-state index in [2.05, 4.69) is 12.2 Å². The lowest BCUT2D eigenvalue weighted by atomic mass is 10.1. The van der Waals surface area contributed by atoms with Crippen LogP contribution in [0.15, 0.2) is 18.2 Å². The number of hydrogen-bond acceptors (Lipinski definition) is 1. The molecule has 0 unspecified atom stereocenters. The standard InChI is InChI=1S/C18H29F2N/c1-2-3-4-5-6-7-8-9-10-11-14-21-18-13-12-16(19)15-17(18)20/h12-13,15,21H,2-11,14H2,1H3. The van der Waals surface area contributed by atoms with Crippen LogP contribution in [-0.2, 0) is 0 Å². The van der Waals surface area contributed by atoms with Crippen molar-refractivity contribution in [1.29, 1.82) is 0 Å². The molecule has 0 bridgehead atoms. The van der Waals surface area contributed by atoms with Gasteiger partial charge in [-0.3, -0.25) is 0 Å². The zero-order valence-corrected chi connectivity index (χ0v) is 13.3. The predicted molar refractivity (Wildman–Crippen MR) is 86.7 cm³/mol. The van der Waals surface area contributed by atoms with Gasteiger partial charge in [0, 0.05) is 12.6 Å². The number of rotatable bonds is 12. The van der Waals surface area contributed by atoms with Gasteiger partial charge in [-0.2, -0.15) is 0 Å². The van der Waals surface area contributed by atoms with Gasteiger partial charge in [-0.1, -0.05) is 64.7 Å². The Bertz CT molecular complexity index is 379. The van der Waals surface area contributed by atoms with E-state index in [-0.39, 0.29) is 0 Å². The van der Waals surface area contributed by atoms with Crippen molar-refractivity contribution in [2.75, 3.05) is 11.9 Å². The summed E-state index contributed by atoms with van der Waals surface area (Å²) in [7, 11) is 0. The van der Waals surface area contributed by atoms with E-state index in [9.17, 15) is 8.78 Å². The minimum Gasteiger partial charge on any atom is -0.383 e. The molecule has 0 radical (unpaired) electrons. The molecule has 1 aromatic rings. The Hall–Kier alpha value is -1.12. The third-order valence-electron chi connectivity index (χ3n) is 3.78. The largest absolute Gasteiger partial charge is 0.383 e. The molecule has 1 nitrogen and oxygen atoms in total. The van der Waals surface area contributed by atoms with Gasteiger partial charge < -0.3 is 5.32 Å².